The fourth-order valence-corrected chi connectivity index (χ4v) is 2.47. The van der Waals surface area contributed by atoms with Crippen LogP contribution in [0.25, 0.3) is 0 Å². The molecule has 0 N–H and O–H groups in total. The molecular weight excluding hydrogens is 200 g/mol. The van der Waals surface area contributed by atoms with Crippen molar-refractivity contribution in [1.29, 1.82) is 0 Å². The van der Waals surface area contributed by atoms with Crippen molar-refractivity contribution in [3.8, 4) is 5.88 Å². The Labute approximate surface area is 97.4 Å². The molecule has 0 aliphatic carbocycles. The first-order chi connectivity index (χ1) is 7.72. The molecule has 0 aromatic carbocycles. The summed E-state index contributed by atoms with van der Waals surface area (Å²) in [5.74, 6) is 0.692. The van der Waals surface area contributed by atoms with Crippen LogP contribution in [0.4, 0.5) is 0 Å². The molecule has 0 saturated carbocycles. The average Bonchev–Trinajstić information content (AvgIpc) is 2.78. The number of hydrogen-bond acceptors (Lipinski definition) is 3. The van der Waals surface area contributed by atoms with Crippen LogP contribution in [0.5, 0.6) is 5.88 Å². The van der Waals surface area contributed by atoms with Crippen molar-refractivity contribution in [2.24, 2.45) is 0 Å². The van der Waals surface area contributed by atoms with Gasteiger partial charge in [0.05, 0.1) is 7.11 Å². The lowest BCUT2D eigenvalue weighted by Crippen LogP contribution is -2.30. The second-order valence-electron chi connectivity index (χ2n) is 4.62. The molecular formula is C13H20N2O. The highest BCUT2D eigenvalue weighted by atomic mass is 16.5. The quantitative estimate of drug-likeness (QED) is 0.783. The number of pyridine rings is 1. The summed E-state index contributed by atoms with van der Waals surface area (Å²) >= 11 is 0. The van der Waals surface area contributed by atoms with Gasteiger partial charge in [0.2, 0.25) is 5.88 Å². The zero-order chi connectivity index (χ0) is 11.5. The Morgan fingerprint density at radius 3 is 2.81 bits per heavy atom. The molecule has 0 radical (unpaired) electrons. The summed E-state index contributed by atoms with van der Waals surface area (Å²) in [6.07, 6.45) is 4.48. The van der Waals surface area contributed by atoms with Crippen molar-refractivity contribution in [2.45, 2.75) is 38.8 Å². The molecule has 1 fully saturated rings. The fourth-order valence-electron chi connectivity index (χ4n) is 2.47. The van der Waals surface area contributed by atoms with Gasteiger partial charge >= 0.3 is 0 Å². The van der Waals surface area contributed by atoms with Gasteiger partial charge < -0.3 is 4.74 Å². The number of hydrogen-bond donors (Lipinski definition) is 0. The monoisotopic (exact) mass is 220 g/mol. The van der Waals surface area contributed by atoms with Crippen molar-refractivity contribution in [1.82, 2.24) is 9.88 Å². The molecule has 0 spiro atoms. The van der Waals surface area contributed by atoms with Crippen LogP contribution < -0.4 is 4.74 Å². The van der Waals surface area contributed by atoms with E-state index in [1.165, 1.54) is 24.9 Å². The van der Waals surface area contributed by atoms with E-state index in [1.54, 1.807) is 7.11 Å². The molecule has 0 amide bonds. The lowest BCUT2D eigenvalue weighted by atomic mass is 10.1. The van der Waals surface area contributed by atoms with Gasteiger partial charge in [-0.3, -0.25) is 4.90 Å². The Balaban J connectivity index is 2.16. The lowest BCUT2D eigenvalue weighted by molar-refractivity contribution is 0.205. The topological polar surface area (TPSA) is 25.4 Å². The van der Waals surface area contributed by atoms with Crippen LogP contribution >= 0.6 is 0 Å². The standard InChI is InChI=1S/C13H20N2O/c1-10(2)15-8-4-5-12(15)11-6-7-13(16-3)14-9-11/h6-7,9-10,12H,4-5,8H2,1-3H3/t12-/m0/s1. The number of ether oxygens (including phenoxy) is 1. The van der Waals surface area contributed by atoms with E-state index < -0.39 is 0 Å². The molecule has 1 aromatic rings. The van der Waals surface area contributed by atoms with Crippen LogP contribution in [0.15, 0.2) is 18.3 Å². The number of rotatable bonds is 3. The Morgan fingerprint density at radius 1 is 1.44 bits per heavy atom. The lowest BCUT2D eigenvalue weighted by Gasteiger charge is -2.28. The molecule has 1 aliphatic rings. The number of nitrogens with zero attached hydrogens (tertiary/aromatic N) is 2. The van der Waals surface area contributed by atoms with Crippen molar-refractivity contribution >= 4 is 0 Å². The van der Waals surface area contributed by atoms with Crippen molar-refractivity contribution in [3.05, 3.63) is 23.9 Å². The zero-order valence-corrected chi connectivity index (χ0v) is 10.3. The maximum Gasteiger partial charge on any atom is 0.212 e. The molecule has 0 unspecified atom stereocenters. The normalized spacial score (nSPS) is 21.6. The van der Waals surface area contributed by atoms with Crippen LogP contribution in [0, 0.1) is 0 Å². The second-order valence-corrected chi connectivity index (χ2v) is 4.62. The molecule has 1 saturated heterocycles. The predicted octanol–water partition coefficient (Wildman–Crippen LogP) is 2.64. The van der Waals surface area contributed by atoms with E-state index in [4.69, 9.17) is 4.74 Å². The number of likely N-dealkylation sites (tertiary alicyclic amines) is 1. The van der Waals surface area contributed by atoms with Crippen LogP contribution in [0.2, 0.25) is 0 Å². The predicted molar refractivity (Wildman–Crippen MR) is 64.6 cm³/mol. The Morgan fingerprint density at radius 2 is 2.25 bits per heavy atom. The summed E-state index contributed by atoms with van der Waals surface area (Å²) < 4.78 is 5.08. The second kappa shape index (κ2) is 4.83. The van der Waals surface area contributed by atoms with E-state index in [0.717, 1.165) is 0 Å². The van der Waals surface area contributed by atoms with E-state index in [2.05, 4.69) is 29.8 Å². The first kappa shape index (κ1) is 11.4. The van der Waals surface area contributed by atoms with Gasteiger partial charge in [-0.25, -0.2) is 4.98 Å². The smallest absolute Gasteiger partial charge is 0.212 e. The van der Waals surface area contributed by atoms with E-state index in [1.807, 2.05) is 12.3 Å². The minimum absolute atomic E-state index is 0.540. The van der Waals surface area contributed by atoms with Crippen molar-refractivity contribution in [3.63, 3.8) is 0 Å². The van der Waals surface area contributed by atoms with E-state index in [0.29, 0.717) is 18.0 Å². The summed E-state index contributed by atoms with van der Waals surface area (Å²) in [4.78, 5) is 6.83. The number of aromatic nitrogens is 1. The van der Waals surface area contributed by atoms with Crippen molar-refractivity contribution < 1.29 is 4.74 Å². The molecule has 2 rings (SSSR count). The van der Waals surface area contributed by atoms with Gasteiger partial charge in [0.1, 0.15) is 0 Å². The van der Waals surface area contributed by atoms with Crippen LogP contribution in [-0.4, -0.2) is 29.6 Å². The summed E-state index contributed by atoms with van der Waals surface area (Å²) in [6.45, 7) is 5.72. The molecule has 1 aliphatic heterocycles. The Hall–Kier alpha value is -1.09. The fraction of sp³-hybridized carbons (Fsp3) is 0.615. The highest BCUT2D eigenvalue weighted by Gasteiger charge is 2.27. The van der Waals surface area contributed by atoms with Gasteiger partial charge in [-0.15, -0.1) is 0 Å². The molecule has 16 heavy (non-hydrogen) atoms. The Kier molecular flexibility index (Phi) is 3.44. The first-order valence-corrected chi connectivity index (χ1v) is 5.98. The summed E-state index contributed by atoms with van der Waals surface area (Å²) in [5.41, 5.74) is 1.31. The van der Waals surface area contributed by atoms with Crippen molar-refractivity contribution in [2.75, 3.05) is 13.7 Å². The van der Waals surface area contributed by atoms with Gasteiger partial charge in [0.25, 0.3) is 0 Å². The minimum atomic E-state index is 0.540. The third kappa shape index (κ3) is 2.19. The Bertz CT molecular complexity index is 334. The summed E-state index contributed by atoms with van der Waals surface area (Å²) in [7, 11) is 1.65. The van der Waals surface area contributed by atoms with Crippen LogP contribution in [0.1, 0.15) is 38.3 Å². The molecule has 1 atom stereocenters. The van der Waals surface area contributed by atoms with Gasteiger partial charge in [0, 0.05) is 24.3 Å². The highest BCUT2D eigenvalue weighted by molar-refractivity contribution is 5.21. The van der Waals surface area contributed by atoms with E-state index in [9.17, 15) is 0 Å². The molecule has 88 valence electrons. The highest BCUT2D eigenvalue weighted by Crippen LogP contribution is 2.33. The molecule has 3 nitrogen and oxygen atoms in total. The number of methoxy groups -OCH3 is 1. The van der Waals surface area contributed by atoms with E-state index in [-0.39, 0.29) is 0 Å². The van der Waals surface area contributed by atoms with Crippen LogP contribution in [-0.2, 0) is 0 Å². The molecule has 2 heterocycles. The molecule has 0 bridgehead atoms. The molecule has 1 aromatic heterocycles. The SMILES string of the molecule is COc1ccc([C@@H]2CCCN2C(C)C)cn1. The first-order valence-electron chi connectivity index (χ1n) is 5.98. The van der Waals surface area contributed by atoms with Crippen LogP contribution in [0.3, 0.4) is 0 Å². The van der Waals surface area contributed by atoms with Gasteiger partial charge in [-0.2, -0.15) is 0 Å². The summed E-state index contributed by atoms with van der Waals surface area (Å²) in [5, 5.41) is 0. The van der Waals surface area contributed by atoms with E-state index >= 15 is 0 Å². The van der Waals surface area contributed by atoms with Gasteiger partial charge in [-0.05, 0) is 38.8 Å². The molecule has 3 heteroatoms. The van der Waals surface area contributed by atoms with Gasteiger partial charge in [-0.1, -0.05) is 6.07 Å². The zero-order valence-electron chi connectivity index (χ0n) is 10.3. The third-order valence-corrected chi connectivity index (χ3v) is 3.31. The summed E-state index contributed by atoms with van der Waals surface area (Å²) in [6, 6.07) is 5.23. The largest absolute Gasteiger partial charge is 0.481 e. The maximum atomic E-state index is 5.08. The minimum Gasteiger partial charge on any atom is -0.481 e. The third-order valence-electron chi connectivity index (χ3n) is 3.31. The average molecular weight is 220 g/mol. The maximum absolute atomic E-state index is 5.08. The van der Waals surface area contributed by atoms with Gasteiger partial charge in [0.15, 0.2) is 0 Å².